The molecular weight excluding hydrogens is 286 g/mol. The third-order valence-electron chi connectivity index (χ3n) is 3.68. The number of carbonyl (C=O) groups is 1. The molecule has 0 aliphatic carbocycles. The van der Waals surface area contributed by atoms with Crippen LogP contribution in [0.1, 0.15) is 42.7 Å². The Hall–Kier alpha value is -2.23. The van der Waals surface area contributed by atoms with Gasteiger partial charge in [-0.1, -0.05) is 30.7 Å². The quantitative estimate of drug-likeness (QED) is 0.750. The molecule has 2 nitrogen and oxygen atoms in total. The van der Waals surface area contributed by atoms with E-state index in [1.165, 1.54) is 24.3 Å². The topological polar surface area (TPSA) is 37.3 Å². The molecule has 22 heavy (non-hydrogen) atoms. The second kappa shape index (κ2) is 7.69. The lowest BCUT2D eigenvalue weighted by Crippen LogP contribution is -2.03. The van der Waals surface area contributed by atoms with Gasteiger partial charge in [0.2, 0.25) is 0 Å². The van der Waals surface area contributed by atoms with Crippen molar-refractivity contribution in [2.24, 2.45) is 0 Å². The van der Waals surface area contributed by atoms with Gasteiger partial charge in [-0.3, -0.25) is 4.79 Å². The van der Waals surface area contributed by atoms with Crippen molar-refractivity contribution in [2.45, 2.75) is 31.6 Å². The summed E-state index contributed by atoms with van der Waals surface area (Å²) in [6.45, 7) is 0. The molecule has 0 atom stereocenters. The van der Waals surface area contributed by atoms with Gasteiger partial charge in [0, 0.05) is 12.3 Å². The lowest BCUT2D eigenvalue weighted by atomic mass is 9.87. The zero-order valence-corrected chi connectivity index (χ0v) is 12.1. The Morgan fingerprint density at radius 2 is 1.32 bits per heavy atom. The zero-order valence-electron chi connectivity index (χ0n) is 12.1. The van der Waals surface area contributed by atoms with Gasteiger partial charge in [-0.15, -0.1) is 0 Å². The van der Waals surface area contributed by atoms with E-state index in [0.29, 0.717) is 6.42 Å². The van der Waals surface area contributed by atoms with E-state index < -0.39 is 5.97 Å². The average Bonchev–Trinajstić information content (AvgIpc) is 2.50. The first-order valence-electron chi connectivity index (χ1n) is 7.29. The maximum absolute atomic E-state index is 13.1. The minimum atomic E-state index is -0.805. The molecule has 0 unspecified atom stereocenters. The molecular formula is C18H18F2O2. The first-order chi connectivity index (χ1) is 10.6. The molecule has 0 heterocycles. The van der Waals surface area contributed by atoms with E-state index in [9.17, 15) is 13.6 Å². The molecule has 1 N–H and O–H groups in total. The molecule has 2 rings (SSSR count). The average molecular weight is 304 g/mol. The molecule has 0 radical (unpaired) electrons. The lowest BCUT2D eigenvalue weighted by Gasteiger charge is -2.18. The lowest BCUT2D eigenvalue weighted by molar-refractivity contribution is -0.137. The Morgan fingerprint density at radius 1 is 0.864 bits per heavy atom. The maximum Gasteiger partial charge on any atom is 0.303 e. The highest BCUT2D eigenvalue weighted by Gasteiger charge is 2.14. The highest BCUT2D eigenvalue weighted by atomic mass is 19.1. The van der Waals surface area contributed by atoms with Gasteiger partial charge >= 0.3 is 5.97 Å². The van der Waals surface area contributed by atoms with E-state index >= 15 is 0 Å². The monoisotopic (exact) mass is 304 g/mol. The van der Waals surface area contributed by atoms with Crippen LogP contribution >= 0.6 is 0 Å². The molecule has 0 amide bonds. The van der Waals surface area contributed by atoms with E-state index in [1.807, 2.05) is 0 Å². The normalized spacial score (nSPS) is 10.9. The van der Waals surface area contributed by atoms with Crippen molar-refractivity contribution in [1.29, 1.82) is 0 Å². The first-order valence-corrected chi connectivity index (χ1v) is 7.29. The van der Waals surface area contributed by atoms with Crippen molar-refractivity contribution in [3.05, 3.63) is 71.3 Å². The number of hydrogen-bond acceptors (Lipinski definition) is 1. The Kier molecular flexibility index (Phi) is 5.64. The van der Waals surface area contributed by atoms with Gasteiger partial charge in [-0.25, -0.2) is 8.78 Å². The minimum absolute atomic E-state index is 0.00925. The molecule has 0 saturated heterocycles. The smallest absolute Gasteiger partial charge is 0.303 e. The van der Waals surface area contributed by atoms with Crippen molar-refractivity contribution in [3.8, 4) is 0 Å². The largest absolute Gasteiger partial charge is 0.481 e. The van der Waals surface area contributed by atoms with Crippen LogP contribution in [0.3, 0.4) is 0 Å². The van der Waals surface area contributed by atoms with Crippen molar-refractivity contribution in [3.63, 3.8) is 0 Å². The molecule has 4 heteroatoms. The van der Waals surface area contributed by atoms with Crippen LogP contribution in [-0.4, -0.2) is 11.1 Å². The zero-order chi connectivity index (χ0) is 15.9. The summed E-state index contributed by atoms with van der Waals surface area (Å²) in [6.07, 6.45) is 2.21. The van der Waals surface area contributed by atoms with Crippen LogP contribution in [0.25, 0.3) is 0 Å². The molecule has 2 aromatic carbocycles. The molecule has 0 aromatic heterocycles. The molecule has 0 fully saturated rings. The number of carboxylic acids is 1. The molecule has 0 aliphatic heterocycles. The van der Waals surface area contributed by atoms with Gasteiger partial charge in [0.1, 0.15) is 11.6 Å². The van der Waals surface area contributed by atoms with E-state index in [1.54, 1.807) is 24.3 Å². The number of hydrogen-bond donors (Lipinski definition) is 1. The van der Waals surface area contributed by atoms with Crippen molar-refractivity contribution in [1.82, 2.24) is 0 Å². The van der Waals surface area contributed by atoms with Crippen LogP contribution in [0.4, 0.5) is 8.78 Å². The van der Waals surface area contributed by atoms with E-state index in [0.717, 1.165) is 24.0 Å². The third kappa shape index (κ3) is 4.65. The number of aliphatic carboxylic acids is 1. The summed E-state index contributed by atoms with van der Waals surface area (Å²) in [6, 6.07) is 12.5. The highest BCUT2D eigenvalue weighted by molar-refractivity contribution is 5.66. The summed E-state index contributed by atoms with van der Waals surface area (Å²) in [5.41, 5.74) is 1.90. The van der Waals surface area contributed by atoms with Gasteiger partial charge < -0.3 is 5.11 Å². The van der Waals surface area contributed by atoms with Gasteiger partial charge in [-0.05, 0) is 48.2 Å². The summed E-state index contributed by atoms with van der Waals surface area (Å²) < 4.78 is 26.2. The fourth-order valence-electron chi connectivity index (χ4n) is 2.54. The summed E-state index contributed by atoms with van der Waals surface area (Å²) in [4.78, 5) is 10.6. The highest BCUT2D eigenvalue weighted by Crippen LogP contribution is 2.30. The van der Waals surface area contributed by atoms with Gasteiger partial charge in [0.05, 0.1) is 0 Å². The molecule has 116 valence electrons. The molecule has 0 spiro atoms. The van der Waals surface area contributed by atoms with Crippen LogP contribution < -0.4 is 0 Å². The number of unbranched alkanes of at least 4 members (excludes halogenated alkanes) is 1. The number of halogens is 2. The standard InChI is InChI=1S/C18H18F2O2/c19-15-9-5-13(6-10-15)17(3-1-2-4-18(21)22)14-7-11-16(20)12-8-14/h5-12,17H,1-4H2,(H,21,22). The van der Waals surface area contributed by atoms with Crippen molar-refractivity contribution in [2.75, 3.05) is 0 Å². The fraction of sp³-hybridized carbons (Fsp3) is 0.278. The summed E-state index contributed by atoms with van der Waals surface area (Å²) in [7, 11) is 0. The summed E-state index contributed by atoms with van der Waals surface area (Å²) in [5, 5.41) is 8.69. The molecule has 2 aromatic rings. The molecule has 0 saturated carbocycles. The number of benzene rings is 2. The Labute approximate surface area is 128 Å². The van der Waals surface area contributed by atoms with Gasteiger partial charge in [0.15, 0.2) is 0 Å². The van der Waals surface area contributed by atoms with E-state index in [2.05, 4.69) is 0 Å². The van der Waals surface area contributed by atoms with Crippen LogP contribution in [0.15, 0.2) is 48.5 Å². The van der Waals surface area contributed by atoms with Crippen LogP contribution in [0.5, 0.6) is 0 Å². The van der Waals surface area contributed by atoms with Crippen LogP contribution in [0, 0.1) is 11.6 Å². The predicted octanol–water partition coefficient (Wildman–Crippen LogP) is 4.74. The first kappa shape index (κ1) is 16.1. The van der Waals surface area contributed by atoms with Gasteiger partial charge in [0.25, 0.3) is 0 Å². The summed E-state index contributed by atoms with van der Waals surface area (Å²) in [5.74, 6) is -1.39. The van der Waals surface area contributed by atoms with Crippen molar-refractivity contribution >= 4 is 5.97 Å². The Morgan fingerprint density at radius 3 is 1.73 bits per heavy atom. The predicted molar refractivity (Wildman–Crippen MR) is 80.7 cm³/mol. The van der Waals surface area contributed by atoms with Crippen molar-refractivity contribution < 1.29 is 18.7 Å². The maximum atomic E-state index is 13.1. The second-order valence-electron chi connectivity index (χ2n) is 5.30. The van der Waals surface area contributed by atoms with E-state index in [-0.39, 0.29) is 24.0 Å². The number of carboxylic acid groups (broad SMARTS) is 1. The third-order valence-corrected chi connectivity index (χ3v) is 3.68. The van der Waals surface area contributed by atoms with Crippen LogP contribution in [0.2, 0.25) is 0 Å². The molecule has 0 aliphatic rings. The van der Waals surface area contributed by atoms with E-state index in [4.69, 9.17) is 5.11 Å². The SMILES string of the molecule is O=C(O)CCCCC(c1ccc(F)cc1)c1ccc(F)cc1. The summed E-state index contributed by atoms with van der Waals surface area (Å²) >= 11 is 0. The fourth-order valence-corrected chi connectivity index (χ4v) is 2.54. The van der Waals surface area contributed by atoms with Gasteiger partial charge in [-0.2, -0.15) is 0 Å². The van der Waals surface area contributed by atoms with Crippen LogP contribution in [-0.2, 0) is 4.79 Å². The number of rotatable bonds is 7. The minimum Gasteiger partial charge on any atom is -0.481 e. The Balaban J connectivity index is 2.14. The Bertz CT molecular complexity index is 560. The second-order valence-corrected chi connectivity index (χ2v) is 5.30. The molecule has 0 bridgehead atoms.